The summed E-state index contributed by atoms with van der Waals surface area (Å²) in [5.74, 6) is 0.445. The molecule has 0 aliphatic heterocycles. The Morgan fingerprint density at radius 1 is 1.23 bits per heavy atom. The molecule has 0 saturated heterocycles. The molecule has 0 spiro atoms. The lowest BCUT2D eigenvalue weighted by atomic mass is 9.79. The highest BCUT2D eigenvalue weighted by Gasteiger charge is 2.33. The molecule has 2 aromatic heterocycles. The van der Waals surface area contributed by atoms with Gasteiger partial charge in [-0.25, -0.2) is 9.37 Å². The fraction of sp³-hybridized carbons (Fsp3) is 0.538. The van der Waals surface area contributed by atoms with E-state index in [1.807, 2.05) is 6.92 Å². The van der Waals surface area contributed by atoms with Crippen molar-refractivity contribution in [3.8, 4) is 0 Å². The Balaban J connectivity index is 1.71. The zero-order chi connectivity index (χ0) is 25.3. The molecule has 2 amide bonds. The fourth-order valence-electron chi connectivity index (χ4n) is 5.22. The van der Waals surface area contributed by atoms with Gasteiger partial charge >= 0.3 is 0 Å². The number of amides is 2. The number of halogens is 1. The molecular formula is C26H35FN6O2. The summed E-state index contributed by atoms with van der Waals surface area (Å²) >= 11 is 0. The molecule has 3 N–H and O–H groups in total. The number of aromatic amines is 1. The average Bonchev–Trinajstić information content (AvgIpc) is 3.44. The molecule has 8 nitrogen and oxygen atoms in total. The summed E-state index contributed by atoms with van der Waals surface area (Å²) in [6.07, 6.45) is 5.69. The molecule has 1 atom stereocenters. The molecule has 4 rings (SSSR count). The number of nitrogens with one attached hydrogen (secondary N) is 3. The number of rotatable bonds is 7. The molecule has 0 bridgehead atoms. The second-order valence-electron chi connectivity index (χ2n) is 10.3. The van der Waals surface area contributed by atoms with E-state index in [4.69, 9.17) is 0 Å². The van der Waals surface area contributed by atoms with Crippen LogP contribution in [-0.4, -0.2) is 31.6 Å². The molecule has 1 aliphatic carbocycles. The van der Waals surface area contributed by atoms with Gasteiger partial charge < -0.3 is 15.6 Å². The number of fused-ring (bicyclic) bond motifs is 1. The summed E-state index contributed by atoms with van der Waals surface area (Å²) < 4.78 is 17.3. The smallest absolute Gasteiger partial charge is 0.270 e. The molecule has 3 aromatic rings. The van der Waals surface area contributed by atoms with Gasteiger partial charge in [-0.05, 0) is 57.6 Å². The number of hydrogen-bond donors (Lipinski definition) is 3. The Labute approximate surface area is 205 Å². The number of carbonyl (C=O) groups is 2. The molecule has 0 unspecified atom stereocenters. The first-order valence-corrected chi connectivity index (χ1v) is 12.4. The highest BCUT2D eigenvalue weighted by atomic mass is 19.1. The minimum absolute atomic E-state index is 0.187. The maximum atomic E-state index is 15.6. The maximum absolute atomic E-state index is 15.6. The number of aromatic nitrogens is 4. The number of hydrogen-bond acceptors (Lipinski definition) is 4. The molecule has 1 saturated carbocycles. The average molecular weight is 483 g/mol. The van der Waals surface area contributed by atoms with Crippen molar-refractivity contribution in [1.29, 1.82) is 0 Å². The van der Waals surface area contributed by atoms with E-state index >= 15 is 4.39 Å². The van der Waals surface area contributed by atoms with Gasteiger partial charge in [-0.3, -0.25) is 14.3 Å². The Kier molecular flexibility index (Phi) is 6.96. The lowest BCUT2D eigenvalue weighted by Crippen LogP contribution is -2.40. The molecular weight excluding hydrogens is 447 g/mol. The van der Waals surface area contributed by atoms with E-state index in [-0.39, 0.29) is 29.3 Å². The van der Waals surface area contributed by atoms with Gasteiger partial charge in [0.05, 0.1) is 17.1 Å². The molecule has 9 heteroatoms. The lowest BCUT2D eigenvalue weighted by molar-refractivity contribution is -0.120. The van der Waals surface area contributed by atoms with Crippen molar-refractivity contribution in [2.45, 2.75) is 78.4 Å². The summed E-state index contributed by atoms with van der Waals surface area (Å²) in [6.45, 7) is 9.70. The summed E-state index contributed by atoms with van der Waals surface area (Å²) in [5, 5.41) is 10.2. The quantitative estimate of drug-likeness (QED) is 0.458. The van der Waals surface area contributed by atoms with E-state index in [1.165, 1.54) is 6.92 Å². The van der Waals surface area contributed by atoms with Crippen LogP contribution in [0.3, 0.4) is 0 Å². The van der Waals surface area contributed by atoms with E-state index in [9.17, 15) is 9.59 Å². The van der Waals surface area contributed by atoms with E-state index in [1.54, 1.807) is 42.9 Å². The topological polar surface area (TPSA) is 105 Å². The van der Waals surface area contributed by atoms with E-state index in [0.29, 0.717) is 35.1 Å². The van der Waals surface area contributed by atoms with Gasteiger partial charge in [0.1, 0.15) is 17.0 Å². The van der Waals surface area contributed by atoms with Crippen molar-refractivity contribution in [2.75, 3.05) is 0 Å². The third-order valence-electron chi connectivity index (χ3n) is 7.13. The molecule has 2 heterocycles. The Hall–Kier alpha value is -3.23. The van der Waals surface area contributed by atoms with E-state index in [0.717, 1.165) is 25.7 Å². The summed E-state index contributed by atoms with van der Waals surface area (Å²) in [7, 11) is 0. The SMILES string of the molecule is CCn1nccc1C(=O)N[C@H](c1nc2c(F)c(C(C)(C)NC(C)=O)ccc2[nH]1)[C@H]1CC[C@H](C)CC1. The lowest BCUT2D eigenvalue weighted by Gasteiger charge is -2.32. The van der Waals surface area contributed by atoms with Crippen molar-refractivity contribution >= 4 is 22.8 Å². The van der Waals surface area contributed by atoms with Crippen molar-refractivity contribution in [2.24, 2.45) is 11.8 Å². The van der Waals surface area contributed by atoms with Crippen LogP contribution in [0.1, 0.15) is 88.2 Å². The van der Waals surface area contributed by atoms with Gasteiger partial charge in [0, 0.05) is 25.2 Å². The third kappa shape index (κ3) is 5.09. The molecule has 1 aromatic carbocycles. The van der Waals surface area contributed by atoms with Crippen molar-refractivity contribution in [3.63, 3.8) is 0 Å². The molecule has 1 fully saturated rings. The van der Waals surface area contributed by atoms with Crippen LogP contribution in [0.2, 0.25) is 0 Å². The second kappa shape index (κ2) is 9.79. The molecule has 0 radical (unpaired) electrons. The minimum atomic E-state index is -0.894. The molecule has 1 aliphatic rings. The third-order valence-corrected chi connectivity index (χ3v) is 7.13. The first-order chi connectivity index (χ1) is 16.6. The fourth-order valence-corrected chi connectivity index (χ4v) is 5.22. The first kappa shape index (κ1) is 24.9. The van der Waals surface area contributed by atoms with Crippen LogP contribution in [0, 0.1) is 17.7 Å². The largest absolute Gasteiger partial charge is 0.347 e. The highest BCUT2D eigenvalue weighted by Crippen LogP contribution is 2.37. The van der Waals surface area contributed by atoms with E-state index in [2.05, 4.69) is 32.6 Å². The van der Waals surface area contributed by atoms with E-state index < -0.39 is 11.4 Å². The van der Waals surface area contributed by atoms with Gasteiger partial charge in [0.25, 0.3) is 5.91 Å². The highest BCUT2D eigenvalue weighted by molar-refractivity contribution is 5.92. The van der Waals surface area contributed by atoms with Crippen LogP contribution in [0.4, 0.5) is 4.39 Å². The standard InChI is InChI=1S/C26H35FN6O2/c1-6-33-20(13-14-28-33)25(35)31-22(17-9-7-15(2)8-10-17)24-29-19-12-11-18(21(27)23(19)30-24)26(4,5)32-16(3)34/h11-15,17,22H,6-10H2,1-5H3,(H,29,30)(H,31,35)(H,32,34)/t15-,17-,22-/m0/s1. The predicted molar refractivity (Wildman–Crippen MR) is 132 cm³/mol. The number of H-pyrrole nitrogens is 1. The number of nitrogens with zero attached hydrogens (tertiary/aromatic N) is 3. The van der Waals surface area contributed by atoms with Gasteiger partial charge in [-0.2, -0.15) is 5.10 Å². The number of benzene rings is 1. The van der Waals surface area contributed by atoms with Crippen LogP contribution in [0.15, 0.2) is 24.4 Å². The maximum Gasteiger partial charge on any atom is 0.270 e. The zero-order valence-electron chi connectivity index (χ0n) is 21.1. The first-order valence-electron chi connectivity index (χ1n) is 12.4. The van der Waals surface area contributed by atoms with Gasteiger partial charge in [0.2, 0.25) is 5.91 Å². The Bertz CT molecular complexity index is 1220. The summed E-state index contributed by atoms with van der Waals surface area (Å²) in [4.78, 5) is 32.8. The summed E-state index contributed by atoms with van der Waals surface area (Å²) in [5.41, 5.74) is 0.717. The Morgan fingerprint density at radius 2 is 1.94 bits per heavy atom. The van der Waals surface area contributed by atoms with Crippen LogP contribution >= 0.6 is 0 Å². The van der Waals surface area contributed by atoms with Crippen LogP contribution in [-0.2, 0) is 16.9 Å². The number of aryl methyl sites for hydroxylation is 1. The normalized spacial score (nSPS) is 19.5. The van der Waals surface area contributed by atoms with Crippen LogP contribution in [0.25, 0.3) is 11.0 Å². The molecule has 188 valence electrons. The second-order valence-corrected chi connectivity index (χ2v) is 10.3. The predicted octanol–water partition coefficient (Wildman–Crippen LogP) is 4.59. The molecule has 35 heavy (non-hydrogen) atoms. The number of imidazole rings is 1. The van der Waals surface area contributed by atoms with Crippen molar-refractivity contribution < 1.29 is 14.0 Å². The minimum Gasteiger partial charge on any atom is -0.347 e. The van der Waals surface area contributed by atoms with Crippen LogP contribution in [0.5, 0.6) is 0 Å². The zero-order valence-corrected chi connectivity index (χ0v) is 21.1. The van der Waals surface area contributed by atoms with Crippen LogP contribution < -0.4 is 10.6 Å². The van der Waals surface area contributed by atoms with Crippen molar-refractivity contribution in [1.82, 2.24) is 30.4 Å². The van der Waals surface area contributed by atoms with Gasteiger partial charge in [-0.1, -0.05) is 25.8 Å². The summed E-state index contributed by atoms with van der Waals surface area (Å²) in [6, 6.07) is 4.77. The monoisotopic (exact) mass is 482 g/mol. The van der Waals surface area contributed by atoms with Crippen molar-refractivity contribution in [3.05, 3.63) is 47.3 Å². The van der Waals surface area contributed by atoms with Gasteiger partial charge in [-0.15, -0.1) is 0 Å². The number of carbonyl (C=O) groups excluding carboxylic acids is 2. The van der Waals surface area contributed by atoms with Gasteiger partial charge in [0.15, 0.2) is 5.82 Å². The Morgan fingerprint density at radius 3 is 2.60 bits per heavy atom.